The lowest BCUT2D eigenvalue weighted by molar-refractivity contribution is 0.199. The van der Waals surface area contributed by atoms with Crippen LogP contribution < -0.4 is 5.32 Å². The monoisotopic (exact) mass is 250 g/mol. The van der Waals surface area contributed by atoms with Gasteiger partial charge in [-0.3, -0.25) is 0 Å². The van der Waals surface area contributed by atoms with Crippen LogP contribution >= 0.6 is 0 Å². The molecule has 0 aromatic rings. The number of nitrogens with one attached hydrogen (secondary N) is 1. The number of hydrogen-bond acceptors (Lipinski definition) is 2. The van der Waals surface area contributed by atoms with Crippen molar-refractivity contribution < 1.29 is 0 Å². The van der Waals surface area contributed by atoms with Gasteiger partial charge in [0.05, 0.1) is 0 Å². The van der Waals surface area contributed by atoms with Crippen LogP contribution in [-0.2, 0) is 0 Å². The molecule has 1 heterocycles. The fourth-order valence-corrected chi connectivity index (χ4v) is 4.01. The minimum absolute atomic E-state index is 0.851. The zero-order chi connectivity index (χ0) is 12.4. The quantitative estimate of drug-likeness (QED) is 0.825. The maximum atomic E-state index is 3.90. The lowest BCUT2D eigenvalue weighted by Gasteiger charge is -2.33. The van der Waals surface area contributed by atoms with Crippen molar-refractivity contribution in [1.82, 2.24) is 10.2 Å². The van der Waals surface area contributed by atoms with E-state index in [0.29, 0.717) is 0 Å². The van der Waals surface area contributed by atoms with Gasteiger partial charge in [0.15, 0.2) is 0 Å². The zero-order valence-corrected chi connectivity index (χ0v) is 12.0. The van der Waals surface area contributed by atoms with E-state index in [1.54, 1.807) is 0 Å². The summed E-state index contributed by atoms with van der Waals surface area (Å²) in [4.78, 5) is 2.47. The summed E-state index contributed by atoms with van der Waals surface area (Å²) in [6.07, 6.45) is 11.8. The molecule has 3 fully saturated rings. The Balaban J connectivity index is 1.37. The lowest BCUT2D eigenvalue weighted by Crippen LogP contribution is -2.40. The van der Waals surface area contributed by atoms with E-state index in [4.69, 9.17) is 0 Å². The maximum Gasteiger partial charge on any atom is 0.00699 e. The van der Waals surface area contributed by atoms with Gasteiger partial charge in [-0.15, -0.1) is 0 Å². The molecular weight excluding hydrogens is 220 g/mol. The first-order valence-electron chi connectivity index (χ1n) is 8.23. The molecule has 2 heteroatoms. The molecule has 0 bridgehead atoms. The standard InChI is InChI=1S/C16H30N2/c1-18-9-7-13(8-10-18)12-17-16-4-2-3-15(11-16)14-5-6-14/h13-17H,2-12H2,1H3. The Morgan fingerprint density at radius 1 is 0.944 bits per heavy atom. The number of rotatable bonds is 4. The molecule has 2 nitrogen and oxygen atoms in total. The van der Waals surface area contributed by atoms with E-state index in [9.17, 15) is 0 Å². The molecule has 0 aromatic carbocycles. The summed E-state index contributed by atoms with van der Waals surface area (Å²) in [7, 11) is 2.25. The first-order valence-corrected chi connectivity index (χ1v) is 8.23. The van der Waals surface area contributed by atoms with Crippen molar-refractivity contribution in [3.63, 3.8) is 0 Å². The summed E-state index contributed by atoms with van der Waals surface area (Å²) in [6, 6.07) is 0.851. The Kier molecular flexibility index (Phi) is 4.25. The molecule has 18 heavy (non-hydrogen) atoms. The highest BCUT2D eigenvalue weighted by Crippen LogP contribution is 2.43. The average molecular weight is 250 g/mol. The first kappa shape index (κ1) is 12.9. The molecule has 0 radical (unpaired) electrons. The third-order valence-electron chi connectivity index (χ3n) is 5.54. The predicted molar refractivity (Wildman–Crippen MR) is 76.7 cm³/mol. The van der Waals surface area contributed by atoms with Crippen molar-refractivity contribution in [1.29, 1.82) is 0 Å². The van der Waals surface area contributed by atoms with Crippen molar-refractivity contribution in [2.24, 2.45) is 17.8 Å². The van der Waals surface area contributed by atoms with E-state index in [-0.39, 0.29) is 0 Å². The van der Waals surface area contributed by atoms with Gasteiger partial charge in [0, 0.05) is 6.04 Å². The van der Waals surface area contributed by atoms with Crippen molar-refractivity contribution in [3.8, 4) is 0 Å². The average Bonchev–Trinajstić information content (AvgIpc) is 3.23. The van der Waals surface area contributed by atoms with E-state index < -0.39 is 0 Å². The Morgan fingerprint density at radius 3 is 2.44 bits per heavy atom. The molecule has 1 saturated heterocycles. The van der Waals surface area contributed by atoms with Crippen molar-refractivity contribution in [3.05, 3.63) is 0 Å². The van der Waals surface area contributed by atoms with Crippen LogP contribution in [-0.4, -0.2) is 37.6 Å². The van der Waals surface area contributed by atoms with Crippen molar-refractivity contribution in [2.45, 2.75) is 57.4 Å². The van der Waals surface area contributed by atoms with Gasteiger partial charge in [-0.25, -0.2) is 0 Å². The Morgan fingerprint density at radius 2 is 1.72 bits per heavy atom. The molecule has 3 aliphatic rings. The number of nitrogens with zero attached hydrogens (tertiary/aromatic N) is 1. The number of likely N-dealkylation sites (tertiary alicyclic amines) is 1. The summed E-state index contributed by atoms with van der Waals surface area (Å²) < 4.78 is 0. The minimum Gasteiger partial charge on any atom is -0.314 e. The van der Waals surface area contributed by atoms with Gasteiger partial charge in [0.1, 0.15) is 0 Å². The molecule has 2 aliphatic carbocycles. The summed E-state index contributed by atoms with van der Waals surface area (Å²) >= 11 is 0. The van der Waals surface area contributed by atoms with Crippen molar-refractivity contribution >= 4 is 0 Å². The number of hydrogen-bond donors (Lipinski definition) is 1. The van der Waals surface area contributed by atoms with Gasteiger partial charge < -0.3 is 10.2 Å². The second-order valence-electron chi connectivity index (χ2n) is 7.12. The third-order valence-corrected chi connectivity index (χ3v) is 5.54. The molecule has 0 aromatic heterocycles. The molecule has 1 aliphatic heterocycles. The van der Waals surface area contributed by atoms with E-state index in [1.807, 2.05) is 0 Å². The summed E-state index contributed by atoms with van der Waals surface area (Å²) in [5, 5.41) is 3.90. The molecule has 1 N–H and O–H groups in total. The Labute approximate surface area is 113 Å². The van der Waals surface area contributed by atoms with E-state index in [2.05, 4.69) is 17.3 Å². The molecule has 0 amide bonds. The summed E-state index contributed by atoms with van der Waals surface area (Å²) in [5.74, 6) is 3.15. The maximum absolute atomic E-state index is 3.90. The van der Waals surface area contributed by atoms with Crippen LogP contribution in [0.2, 0.25) is 0 Å². The van der Waals surface area contributed by atoms with Crippen LogP contribution in [0, 0.1) is 17.8 Å². The van der Waals surface area contributed by atoms with Gasteiger partial charge in [0.2, 0.25) is 0 Å². The zero-order valence-electron chi connectivity index (χ0n) is 12.0. The van der Waals surface area contributed by atoms with Crippen molar-refractivity contribution in [2.75, 3.05) is 26.7 Å². The highest BCUT2D eigenvalue weighted by molar-refractivity contribution is 4.88. The van der Waals surface area contributed by atoms with Crippen LogP contribution in [0.15, 0.2) is 0 Å². The highest BCUT2D eigenvalue weighted by Gasteiger charge is 2.34. The van der Waals surface area contributed by atoms with E-state index in [0.717, 1.165) is 23.8 Å². The molecule has 3 rings (SSSR count). The van der Waals surface area contributed by atoms with Gasteiger partial charge in [0.25, 0.3) is 0 Å². The summed E-state index contributed by atoms with van der Waals surface area (Å²) in [5.41, 5.74) is 0. The first-order chi connectivity index (χ1) is 8.81. The van der Waals surface area contributed by atoms with Crippen LogP contribution in [0.3, 0.4) is 0 Å². The van der Waals surface area contributed by atoms with Crippen LogP contribution in [0.4, 0.5) is 0 Å². The highest BCUT2D eigenvalue weighted by atomic mass is 15.1. The second-order valence-corrected chi connectivity index (χ2v) is 7.12. The molecule has 2 saturated carbocycles. The molecule has 104 valence electrons. The van der Waals surface area contributed by atoms with Crippen LogP contribution in [0.5, 0.6) is 0 Å². The smallest absolute Gasteiger partial charge is 0.00699 e. The molecule has 2 unspecified atom stereocenters. The topological polar surface area (TPSA) is 15.3 Å². The normalized spacial score (nSPS) is 35.8. The fourth-order valence-electron chi connectivity index (χ4n) is 4.01. The van der Waals surface area contributed by atoms with Crippen LogP contribution in [0.1, 0.15) is 51.4 Å². The SMILES string of the molecule is CN1CCC(CNC2CCCC(C3CC3)C2)CC1. The predicted octanol–water partition coefficient (Wildman–Crippen LogP) is 2.89. The number of piperidine rings is 1. The van der Waals surface area contributed by atoms with Gasteiger partial charge >= 0.3 is 0 Å². The van der Waals surface area contributed by atoms with E-state index in [1.165, 1.54) is 71.0 Å². The summed E-state index contributed by atoms with van der Waals surface area (Å²) in [6.45, 7) is 3.90. The lowest BCUT2D eigenvalue weighted by atomic mass is 9.82. The Hall–Kier alpha value is -0.0800. The van der Waals surface area contributed by atoms with Gasteiger partial charge in [-0.2, -0.15) is 0 Å². The minimum atomic E-state index is 0.851. The van der Waals surface area contributed by atoms with Gasteiger partial charge in [-0.05, 0) is 83.0 Å². The van der Waals surface area contributed by atoms with Gasteiger partial charge in [-0.1, -0.05) is 12.8 Å². The third kappa shape index (κ3) is 3.48. The fraction of sp³-hybridized carbons (Fsp3) is 1.00. The van der Waals surface area contributed by atoms with E-state index >= 15 is 0 Å². The second kappa shape index (κ2) is 5.92. The molecular formula is C16H30N2. The van der Waals surface area contributed by atoms with Crippen LogP contribution in [0.25, 0.3) is 0 Å². The molecule has 2 atom stereocenters. The Bertz CT molecular complexity index is 254. The molecule has 0 spiro atoms. The largest absolute Gasteiger partial charge is 0.314 e.